The lowest BCUT2D eigenvalue weighted by atomic mass is 10.1. The number of H-pyrrole nitrogens is 1. The van der Waals surface area contributed by atoms with Crippen LogP contribution in [0.25, 0.3) is 5.65 Å². The molecule has 1 N–H and O–H groups in total. The van der Waals surface area contributed by atoms with Crippen molar-refractivity contribution in [3.8, 4) is 0 Å². The quantitative estimate of drug-likeness (QED) is 0.777. The van der Waals surface area contributed by atoms with Gasteiger partial charge in [0, 0.05) is 30.9 Å². The van der Waals surface area contributed by atoms with Crippen molar-refractivity contribution in [3.63, 3.8) is 0 Å². The van der Waals surface area contributed by atoms with Gasteiger partial charge >= 0.3 is 5.97 Å². The Bertz CT molecular complexity index is 848. The van der Waals surface area contributed by atoms with Crippen molar-refractivity contribution in [2.24, 2.45) is 5.92 Å². The summed E-state index contributed by atoms with van der Waals surface area (Å²) in [5.41, 5.74) is 1.16. The van der Waals surface area contributed by atoms with E-state index in [1.54, 1.807) is 13.0 Å². The molecule has 0 aliphatic heterocycles. The maximum Gasteiger partial charge on any atom is 0.343 e. The Balaban J connectivity index is 1.66. The number of ether oxygens (including phenoxy) is 1. The average molecular weight is 344 g/mol. The second-order valence-corrected chi connectivity index (χ2v) is 7.13. The predicted molar refractivity (Wildman–Crippen MR) is 92.5 cm³/mol. The Kier molecular flexibility index (Phi) is 4.11. The van der Waals surface area contributed by atoms with E-state index in [1.165, 1.54) is 36.4 Å². The molecule has 2 aromatic heterocycles. The van der Waals surface area contributed by atoms with E-state index < -0.39 is 5.97 Å². The van der Waals surface area contributed by atoms with Gasteiger partial charge < -0.3 is 4.74 Å². The summed E-state index contributed by atoms with van der Waals surface area (Å²) < 4.78 is 6.35. The molecule has 0 spiro atoms. The van der Waals surface area contributed by atoms with E-state index >= 15 is 0 Å². The molecule has 2 aliphatic rings. The van der Waals surface area contributed by atoms with Crippen LogP contribution in [0.15, 0.2) is 17.1 Å². The molecule has 0 bridgehead atoms. The summed E-state index contributed by atoms with van der Waals surface area (Å²) in [4.78, 5) is 31.6. The molecule has 1 atom stereocenters. The van der Waals surface area contributed by atoms with Crippen LogP contribution in [-0.4, -0.2) is 44.2 Å². The summed E-state index contributed by atoms with van der Waals surface area (Å²) in [5.74, 6) is 0.309. The first-order chi connectivity index (χ1) is 12.1. The summed E-state index contributed by atoms with van der Waals surface area (Å²) in [7, 11) is 0. The highest BCUT2D eigenvalue weighted by Gasteiger charge is 2.39. The number of esters is 1. The smallest absolute Gasteiger partial charge is 0.343 e. The van der Waals surface area contributed by atoms with E-state index in [9.17, 15) is 9.59 Å². The fraction of sp³-hybridized carbons (Fsp3) is 0.611. The lowest BCUT2D eigenvalue weighted by Gasteiger charge is -2.28. The third kappa shape index (κ3) is 3.20. The second kappa shape index (κ2) is 6.29. The van der Waals surface area contributed by atoms with Crippen molar-refractivity contribution in [1.29, 1.82) is 0 Å². The number of carbonyl (C=O) groups is 1. The van der Waals surface area contributed by atoms with Crippen molar-refractivity contribution in [2.75, 3.05) is 6.61 Å². The molecule has 2 saturated carbocycles. The van der Waals surface area contributed by atoms with Gasteiger partial charge in [-0.05, 0) is 45.4 Å². The third-order valence-corrected chi connectivity index (χ3v) is 5.23. The fourth-order valence-electron chi connectivity index (χ4n) is 3.52. The monoisotopic (exact) mass is 344 g/mol. The van der Waals surface area contributed by atoms with Gasteiger partial charge in [-0.25, -0.2) is 14.3 Å². The van der Waals surface area contributed by atoms with Crippen molar-refractivity contribution in [2.45, 2.75) is 58.2 Å². The summed E-state index contributed by atoms with van der Waals surface area (Å²) >= 11 is 0. The molecular weight excluding hydrogens is 320 g/mol. The van der Waals surface area contributed by atoms with Crippen LogP contribution in [0, 0.1) is 5.92 Å². The highest BCUT2D eigenvalue weighted by atomic mass is 16.5. The Morgan fingerprint density at radius 1 is 1.44 bits per heavy atom. The molecule has 134 valence electrons. The molecule has 2 fully saturated rings. The lowest BCUT2D eigenvalue weighted by Crippen LogP contribution is -2.36. The molecule has 0 saturated heterocycles. The molecule has 4 rings (SSSR count). The van der Waals surface area contributed by atoms with Gasteiger partial charge in [0.1, 0.15) is 5.56 Å². The van der Waals surface area contributed by atoms with Crippen LogP contribution in [0.3, 0.4) is 0 Å². The highest BCUT2D eigenvalue weighted by molar-refractivity contribution is 5.95. The second-order valence-electron chi connectivity index (χ2n) is 7.13. The van der Waals surface area contributed by atoms with E-state index in [0.717, 1.165) is 11.6 Å². The molecule has 2 heterocycles. The van der Waals surface area contributed by atoms with Crippen molar-refractivity contribution < 1.29 is 9.53 Å². The zero-order valence-electron chi connectivity index (χ0n) is 14.7. The number of hydrogen-bond donors (Lipinski definition) is 1. The Morgan fingerprint density at radius 3 is 2.84 bits per heavy atom. The molecule has 2 aliphatic carbocycles. The van der Waals surface area contributed by atoms with Gasteiger partial charge in [0.05, 0.1) is 12.3 Å². The number of carbonyl (C=O) groups excluding carboxylic acids is 1. The van der Waals surface area contributed by atoms with Crippen molar-refractivity contribution in [1.82, 2.24) is 19.5 Å². The van der Waals surface area contributed by atoms with Gasteiger partial charge in [0.15, 0.2) is 5.65 Å². The zero-order valence-corrected chi connectivity index (χ0v) is 14.7. The standard InChI is InChI=1S/C18H24N4O3/c1-3-25-18(24)15-9-19-22-16(23)8-13(20-17(15)22)10-21(14-6-7-14)11(2)12-4-5-12/h8-9,11-12,14,19H,3-7,10H2,1-2H3. The van der Waals surface area contributed by atoms with Crippen LogP contribution in [0.5, 0.6) is 0 Å². The normalized spacial score (nSPS) is 18.7. The van der Waals surface area contributed by atoms with Crippen molar-refractivity contribution in [3.05, 3.63) is 33.9 Å². The van der Waals surface area contributed by atoms with Crippen LogP contribution in [0.4, 0.5) is 0 Å². The van der Waals surface area contributed by atoms with E-state index in [0.29, 0.717) is 29.8 Å². The fourth-order valence-corrected chi connectivity index (χ4v) is 3.52. The Labute approximate surface area is 146 Å². The van der Waals surface area contributed by atoms with Crippen LogP contribution >= 0.6 is 0 Å². The molecular formula is C18H24N4O3. The predicted octanol–water partition coefficient (Wildman–Crippen LogP) is 1.96. The molecule has 25 heavy (non-hydrogen) atoms. The van der Waals surface area contributed by atoms with Gasteiger partial charge in [-0.3, -0.25) is 14.8 Å². The number of aromatic nitrogens is 3. The largest absolute Gasteiger partial charge is 0.462 e. The minimum atomic E-state index is -0.462. The molecule has 0 amide bonds. The first-order valence-corrected chi connectivity index (χ1v) is 9.11. The number of rotatable bonds is 7. The van der Waals surface area contributed by atoms with Crippen LogP contribution < -0.4 is 5.56 Å². The van der Waals surface area contributed by atoms with E-state index in [2.05, 4.69) is 21.9 Å². The number of nitrogens with zero attached hydrogens (tertiary/aromatic N) is 3. The SMILES string of the molecule is CCOC(=O)c1c[nH]n2c(=O)cc(CN(C3CC3)C(C)C3CC3)nc12. The van der Waals surface area contributed by atoms with Gasteiger partial charge in [0.25, 0.3) is 5.56 Å². The number of hydrogen-bond acceptors (Lipinski definition) is 5. The third-order valence-electron chi connectivity index (χ3n) is 5.23. The van der Waals surface area contributed by atoms with E-state index in [1.807, 2.05) is 0 Å². The van der Waals surface area contributed by atoms with Crippen LogP contribution in [-0.2, 0) is 11.3 Å². The van der Waals surface area contributed by atoms with Crippen LogP contribution in [0.2, 0.25) is 0 Å². The zero-order chi connectivity index (χ0) is 17.6. The molecule has 1 unspecified atom stereocenters. The summed E-state index contributed by atoms with van der Waals surface area (Å²) in [5, 5.41) is 2.79. The van der Waals surface area contributed by atoms with Gasteiger partial charge in [-0.15, -0.1) is 0 Å². The molecule has 7 heteroatoms. The minimum absolute atomic E-state index is 0.203. The minimum Gasteiger partial charge on any atom is -0.462 e. The molecule has 0 radical (unpaired) electrons. The summed E-state index contributed by atoms with van der Waals surface area (Å²) in [6, 6.07) is 2.68. The molecule has 0 aromatic carbocycles. The average Bonchev–Trinajstić information content (AvgIpc) is 3.49. The van der Waals surface area contributed by atoms with E-state index in [-0.39, 0.29) is 12.2 Å². The Hall–Kier alpha value is -2.15. The lowest BCUT2D eigenvalue weighted by molar-refractivity contribution is 0.0528. The summed E-state index contributed by atoms with van der Waals surface area (Å²) in [6.07, 6.45) is 6.51. The van der Waals surface area contributed by atoms with Gasteiger partial charge in [-0.2, -0.15) is 0 Å². The molecule has 2 aromatic rings. The molecule has 7 nitrogen and oxygen atoms in total. The first-order valence-electron chi connectivity index (χ1n) is 9.11. The topological polar surface area (TPSA) is 79.7 Å². The van der Waals surface area contributed by atoms with Gasteiger partial charge in [0.2, 0.25) is 0 Å². The summed E-state index contributed by atoms with van der Waals surface area (Å²) in [6.45, 7) is 4.97. The first kappa shape index (κ1) is 16.3. The van der Waals surface area contributed by atoms with Crippen LogP contribution in [0.1, 0.15) is 55.6 Å². The maximum atomic E-state index is 12.4. The van der Waals surface area contributed by atoms with E-state index in [4.69, 9.17) is 4.74 Å². The maximum absolute atomic E-state index is 12.4. The van der Waals surface area contributed by atoms with Crippen molar-refractivity contribution >= 4 is 11.6 Å². The Morgan fingerprint density at radius 2 is 2.20 bits per heavy atom. The number of nitrogens with one attached hydrogen (secondary N) is 1. The number of fused-ring (bicyclic) bond motifs is 1. The van der Waals surface area contributed by atoms with Gasteiger partial charge in [-0.1, -0.05) is 0 Å². The highest BCUT2D eigenvalue weighted by Crippen LogP contribution is 2.40. The number of aromatic amines is 1.